The van der Waals surface area contributed by atoms with Crippen LogP contribution in [0, 0.1) is 0 Å². The zero-order chi connectivity index (χ0) is 12.0. The third-order valence-corrected chi connectivity index (χ3v) is 3.05. The summed E-state index contributed by atoms with van der Waals surface area (Å²) in [6, 6.07) is 3.30. The molecule has 0 aliphatic rings. The highest BCUT2D eigenvalue weighted by Crippen LogP contribution is 2.23. The summed E-state index contributed by atoms with van der Waals surface area (Å²) in [4.78, 5) is 23.0. The molecule has 0 atom stereocenters. The number of rotatable bonds is 1. The van der Waals surface area contributed by atoms with E-state index in [4.69, 9.17) is 11.6 Å². The minimum Gasteiger partial charge on any atom is -0.295 e. The van der Waals surface area contributed by atoms with Gasteiger partial charge < -0.3 is 0 Å². The number of carbonyl (C=O) groups is 1. The van der Waals surface area contributed by atoms with Crippen molar-refractivity contribution in [2.75, 3.05) is 0 Å². The SMILES string of the molecule is CC(=O)c1cc2c(cc1Cl)n(C)c(=O)n2C. The molecule has 16 heavy (non-hydrogen) atoms. The quantitative estimate of drug-likeness (QED) is 0.711. The lowest BCUT2D eigenvalue weighted by Crippen LogP contribution is -2.19. The topological polar surface area (TPSA) is 44.0 Å². The van der Waals surface area contributed by atoms with Crippen LogP contribution in [-0.2, 0) is 14.1 Å². The second-order valence-corrected chi connectivity index (χ2v) is 4.18. The molecule has 1 aromatic carbocycles. The van der Waals surface area contributed by atoms with Crippen molar-refractivity contribution in [1.82, 2.24) is 9.13 Å². The van der Waals surface area contributed by atoms with Gasteiger partial charge in [-0.1, -0.05) is 11.6 Å². The van der Waals surface area contributed by atoms with Crippen molar-refractivity contribution >= 4 is 28.4 Å². The lowest BCUT2D eigenvalue weighted by atomic mass is 10.1. The smallest absolute Gasteiger partial charge is 0.295 e. The highest BCUT2D eigenvalue weighted by atomic mass is 35.5. The predicted molar refractivity (Wildman–Crippen MR) is 63.2 cm³/mol. The van der Waals surface area contributed by atoms with Crippen molar-refractivity contribution in [2.24, 2.45) is 14.1 Å². The highest BCUT2D eigenvalue weighted by Gasteiger charge is 2.13. The Morgan fingerprint density at radius 1 is 1.19 bits per heavy atom. The number of nitrogens with zero attached hydrogens (tertiary/aromatic N) is 2. The highest BCUT2D eigenvalue weighted by molar-refractivity contribution is 6.34. The summed E-state index contributed by atoms with van der Waals surface area (Å²) < 4.78 is 3.00. The van der Waals surface area contributed by atoms with Crippen LogP contribution in [0.4, 0.5) is 0 Å². The van der Waals surface area contributed by atoms with E-state index in [-0.39, 0.29) is 11.5 Å². The lowest BCUT2D eigenvalue weighted by molar-refractivity contribution is 0.101. The zero-order valence-corrected chi connectivity index (χ0v) is 10.00. The van der Waals surface area contributed by atoms with Gasteiger partial charge in [0.1, 0.15) is 0 Å². The van der Waals surface area contributed by atoms with Crippen molar-refractivity contribution in [3.05, 3.63) is 33.2 Å². The van der Waals surface area contributed by atoms with Gasteiger partial charge in [-0.15, -0.1) is 0 Å². The Morgan fingerprint density at radius 2 is 1.69 bits per heavy atom. The van der Waals surface area contributed by atoms with Gasteiger partial charge in [0.25, 0.3) is 0 Å². The minimum absolute atomic E-state index is 0.108. The van der Waals surface area contributed by atoms with Crippen molar-refractivity contribution in [2.45, 2.75) is 6.92 Å². The monoisotopic (exact) mass is 238 g/mol. The number of ketones is 1. The van der Waals surface area contributed by atoms with Gasteiger partial charge >= 0.3 is 5.69 Å². The van der Waals surface area contributed by atoms with E-state index >= 15 is 0 Å². The Balaban J connectivity index is 2.96. The standard InChI is InChI=1S/C11H11ClN2O2/c1-6(15)7-4-9-10(5-8(7)12)14(3)11(16)13(9)2/h4-5H,1-3H3. The molecule has 0 amide bonds. The number of aryl methyl sites for hydroxylation is 2. The van der Waals surface area contributed by atoms with Crippen LogP contribution < -0.4 is 5.69 Å². The molecule has 0 saturated carbocycles. The minimum atomic E-state index is -0.133. The molecule has 0 saturated heterocycles. The van der Waals surface area contributed by atoms with E-state index < -0.39 is 0 Å². The van der Waals surface area contributed by atoms with Crippen molar-refractivity contribution in [3.8, 4) is 0 Å². The molecule has 0 aliphatic carbocycles. The average molecular weight is 239 g/mol. The molecule has 0 bridgehead atoms. The van der Waals surface area contributed by atoms with Crippen molar-refractivity contribution in [1.29, 1.82) is 0 Å². The molecule has 2 aromatic rings. The summed E-state index contributed by atoms with van der Waals surface area (Å²) in [6.07, 6.45) is 0. The number of Topliss-reactive ketones (excluding diaryl/α,β-unsaturated/α-hetero) is 1. The maximum Gasteiger partial charge on any atom is 0.328 e. The molecule has 0 unspecified atom stereocenters. The molecule has 0 spiro atoms. The maximum atomic E-state index is 11.7. The number of aromatic nitrogens is 2. The molecule has 1 aromatic heterocycles. The first-order valence-electron chi connectivity index (χ1n) is 4.79. The van der Waals surface area contributed by atoms with E-state index in [0.717, 1.165) is 5.52 Å². The third kappa shape index (κ3) is 1.38. The van der Waals surface area contributed by atoms with Gasteiger partial charge in [0.2, 0.25) is 0 Å². The van der Waals surface area contributed by atoms with Crippen LogP contribution >= 0.6 is 11.6 Å². The number of carbonyl (C=O) groups excluding carboxylic acids is 1. The second-order valence-electron chi connectivity index (χ2n) is 3.78. The van der Waals surface area contributed by atoms with Crippen LogP contribution in [0.3, 0.4) is 0 Å². The first kappa shape index (κ1) is 11.0. The molecule has 0 radical (unpaired) electrons. The molecule has 1 heterocycles. The number of hydrogen-bond donors (Lipinski definition) is 0. The Hall–Kier alpha value is -1.55. The lowest BCUT2D eigenvalue weighted by Gasteiger charge is -2.01. The van der Waals surface area contributed by atoms with Gasteiger partial charge in [-0.3, -0.25) is 13.9 Å². The average Bonchev–Trinajstić information content (AvgIpc) is 2.43. The van der Waals surface area contributed by atoms with Crippen LogP contribution in [0.1, 0.15) is 17.3 Å². The fraction of sp³-hybridized carbons (Fsp3) is 0.273. The van der Waals surface area contributed by atoms with Crippen LogP contribution in [0.15, 0.2) is 16.9 Å². The molecule has 0 N–H and O–H groups in total. The molecule has 4 nitrogen and oxygen atoms in total. The van der Waals surface area contributed by atoms with Crippen LogP contribution in [0.2, 0.25) is 5.02 Å². The van der Waals surface area contributed by atoms with Gasteiger partial charge in [0, 0.05) is 19.7 Å². The number of imidazole rings is 1. The molecule has 84 valence electrons. The fourth-order valence-corrected chi connectivity index (χ4v) is 2.08. The van der Waals surface area contributed by atoms with Gasteiger partial charge in [-0.2, -0.15) is 0 Å². The maximum absolute atomic E-state index is 11.7. The second kappa shape index (κ2) is 3.49. The summed E-state index contributed by atoms with van der Waals surface area (Å²) in [5, 5.41) is 0.376. The Bertz CT molecular complexity index is 652. The van der Waals surface area contributed by atoms with Crippen LogP contribution in [-0.4, -0.2) is 14.9 Å². The number of fused-ring (bicyclic) bond motifs is 1. The van der Waals surface area contributed by atoms with E-state index in [2.05, 4.69) is 0 Å². The van der Waals surface area contributed by atoms with Crippen molar-refractivity contribution in [3.63, 3.8) is 0 Å². The normalized spacial score (nSPS) is 11.0. The summed E-state index contributed by atoms with van der Waals surface area (Å²) in [6.45, 7) is 1.45. The van der Waals surface area contributed by atoms with E-state index in [1.165, 1.54) is 16.1 Å². The van der Waals surface area contributed by atoms with Gasteiger partial charge in [0.15, 0.2) is 5.78 Å². The summed E-state index contributed by atoms with van der Waals surface area (Å²) >= 11 is 5.99. The summed E-state index contributed by atoms with van der Waals surface area (Å²) in [5.74, 6) is -0.108. The molecule has 0 aliphatic heterocycles. The van der Waals surface area contributed by atoms with Gasteiger partial charge in [-0.05, 0) is 19.1 Å². The van der Waals surface area contributed by atoms with Gasteiger partial charge in [-0.25, -0.2) is 4.79 Å². The van der Waals surface area contributed by atoms with E-state index in [1.807, 2.05) is 0 Å². The molecule has 5 heteroatoms. The molecule has 2 rings (SSSR count). The number of hydrogen-bond acceptors (Lipinski definition) is 2. The largest absolute Gasteiger partial charge is 0.328 e. The Morgan fingerprint density at radius 3 is 2.19 bits per heavy atom. The van der Waals surface area contributed by atoms with Crippen LogP contribution in [0.5, 0.6) is 0 Å². The Labute approximate surface area is 97.0 Å². The number of benzene rings is 1. The van der Waals surface area contributed by atoms with Crippen molar-refractivity contribution < 1.29 is 4.79 Å². The molecular formula is C11H11ClN2O2. The predicted octanol–water partition coefficient (Wildman–Crippen LogP) is 1.73. The first-order chi connectivity index (χ1) is 7.43. The van der Waals surface area contributed by atoms with E-state index in [1.54, 1.807) is 26.2 Å². The summed E-state index contributed by atoms with van der Waals surface area (Å²) in [5.41, 5.74) is 1.74. The third-order valence-electron chi connectivity index (χ3n) is 2.74. The molecular weight excluding hydrogens is 228 g/mol. The van der Waals surface area contributed by atoms with Crippen LogP contribution in [0.25, 0.3) is 11.0 Å². The number of halogens is 1. The zero-order valence-electron chi connectivity index (χ0n) is 9.24. The Kier molecular flexibility index (Phi) is 2.39. The first-order valence-corrected chi connectivity index (χ1v) is 5.17. The molecule has 0 fully saturated rings. The van der Waals surface area contributed by atoms with E-state index in [0.29, 0.717) is 16.1 Å². The van der Waals surface area contributed by atoms with E-state index in [9.17, 15) is 9.59 Å². The summed E-state index contributed by atoms with van der Waals surface area (Å²) in [7, 11) is 3.34. The van der Waals surface area contributed by atoms with Gasteiger partial charge in [0.05, 0.1) is 16.1 Å². The fourth-order valence-electron chi connectivity index (χ4n) is 1.79.